The van der Waals surface area contributed by atoms with Gasteiger partial charge in [-0.2, -0.15) is 0 Å². The zero-order chi connectivity index (χ0) is 13.5. The normalized spacial score (nSPS) is 16.5. The summed E-state index contributed by atoms with van der Waals surface area (Å²) in [6.45, 7) is 0. The van der Waals surface area contributed by atoms with Gasteiger partial charge in [0.2, 0.25) is 0 Å². The van der Waals surface area contributed by atoms with Gasteiger partial charge in [-0.1, -0.05) is 43.5 Å². The van der Waals surface area contributed by atoms with Gasteiger partial charge in [0.1, 0.15) is 0 Å². The lowest BCUT2D eigenvalue weighted by atomic mass is 9.89. The van der Waals surface area contributed by atoms with Crippen molar-refractivity contribution in [3.63, 3.8) is 0 Å². The fourth-order valence-corrected chi connectivity index (χ4v) is 2.45. The Labute approximate surface area is 115 Å². The molecule has 1 saturated carbocycles. The monoisotopic (exact) mass is 258 g/mol. The van der Waals surface area contributed by atoms with Gasteiger partial charge >= 0.3 is 6.03 Å². The summed E-state index contributed by atoms with van der Waals surface area (Å²) in [6.07, 6.45) is 10.4. The SMILES string of the molecule is CN(C(=O)N/C=C/C1CCCCC1)c1ccccc1. The zero-order valence-electron chi connectivity index (χ0n) is 11.5. The van der Waals surface area contributed by atoms with E-state index in [4.69, 9.17) is 0 Å². The van der Waals surface area contributed by atoms with E-state index in [2.05, 4.69) is 11.4 Å². The summed E-state index contributed by atoms with van der Waals surface area (Å²) in [5.41, 5.74) is 0.895. The highest BCUT2D eigenvalue weighted by molar-refractivity contribution is 5.91. The van der Waals surface area contributed by atoms with Crippen molar-refractivity contribution >= 4 is 11.7 Å². The molecule has 0 spiro atoms. The number of carbonyl (C=O) groups is 1. The summed E-state index contributed by atoms with van der Waals surface area (Å²) in [7, 11) is 1.78. The fraction of sp³-hybridized carbons (Fsp3) is 0.438. The summed E-state index contributed by atoms with van der Waals surface area (Å²) < 4.78 is 0. The molecule has 0 atom stereocenters. The smallest absolute Gasteiger partial charge is 0.315 e. The van der Waals surface area contributed by atoms with E-state index in [0.717, 1.165) is 5.69 Å². The highest BCUT2D eigenvalue weighted by atomic mass is 16.2. The Kier molecular flexibility index (Phi) is 5.01. The maximum atomic E-state index is 11.9. The van der Waals surface area contributed by atoms with Crippen molar-refractivity contribution in [3.05, 3.63) is 42.6 Å². The van der Waals surface area contributed by atoms with Gasteiger partial charge in [-0.05, 0) is 30.9 Å². The molecular weight excluding hydrogens is 236 g/mol. The first kappa shape index (κ1) is 13.7. The maximum absolute atomic E-state index is 11.9. The first-order valence-corrected chi connectivity index (χ1v) is 7.03. The first-order valence-electron chi connectivity index (χ1n) is 7.03. The average Bonchev–Trinajstić information content (AvgIpc) is 2.48. The van der Waals surface area contributed by atoms with E-state index >= 15 is 0 Å². The average molecular weight is 258 g/mol. The van der Waals surface area contributed by atoms with Crippen molar-refractivity contribution in [3.8, 4) is 0 Å². The largest absolute Gasteiger partial charge is 0.325 e. The van der Waals surface area contributed by atoms with Gasteiger partial charge in [0, 0.05) is 18.9 Å². The van der Waals surface area contributed by atoms with Crippen LogP contribution in [0.1, 0.15) is 32.1 Å². The van der Waals surface area contributed by atoms with E-state index in [1.165, 1.54) is 32.1 Å². The Morgan fingerprint density at radius 1 is 1.21 bits per heavy atom. The minimum absolute atomic E-state index is 0.0988. The van der Waals surface area contributed by atoms with Gasteiger partial charge in [0.25, 0.3) is 0 Å². The molecule has 102 valence electrons. The van der Waals surface area contributed by atoms with E-state index in [1.54, 1.807) is 18.1 Å². The summed E-state index contributed by atoms with van der Waals surface area (Å²) in [5.74, 6) is 0.635. The van der Waals surface area contributed by atoms with E-state index in [0.29, 0.717) is 5.92 Å². The predicted molar refractivity (Wildman–Crippen MR) is 79.1 cm³/mol. The molecule has 19 heavy (non-hydrogen) atoms. The Hall–Kier alpha value is -1.77. The number of amides is 2. The van der Waals surface area contributed by atoms with Crippen LogP contribution in [0.5, 0.6) is 0 Å². The molecule has 0 radical (unpaired) electrons. The predicted octanol–water partition coefficient (Wildman–Crippen LogP) is 3.93. The Bertz CT molecular complexity index is 422. The molecule has 0 saturated heterocycles. The number of carbonyl (C=O) groups excluding carboxylic acids is 1. The molecule has 1 aromatic carbocycles. The summed E-state index contributed by atoms with van der Waals surface area (Å²) in [5, 5.41) is 2.83. The second kappa shape index (κ2) is 6.98. The summed E-state index contributed by atoms with van der Waals surface area (Å²) in [4.78, 5) is 13.6. The van der Waals surface area contributed by atoms with E-state index in [1.807, 2.05) is 30.3 Å². The van der Waals surface area contributed by atoms with Gasteiger partial charge in [0.05, 0.1) is 0 Å². The molecule has 1 fully saturated rings. The Morgan fingerprint density at radius 2 is 1.89 bits per heavy atom. The van der Waals surface area contributed by atoms with Crippen LogP contribution in [-0.4, -0.2) is 13.1 Å². The van der Waals surface area contributed by atoms with Gasteiger partial charge in [-0.25, -0.2) is 4.79 Å². The maximum Gasteiger partial charge on any atom is 0.325 e. The third-order valence-corrected chi connectivity index (χ3v) is 3.67. The number of anilines is 1. The third-order valence-electron chi connectivity index (χ3n) is 3.67. The van der Waals surface area contributed by atoms with Gasteiger partial charge in [-0.3, -0.25) is 4.90 Å². The van der Waals surface area contributed by atoms with Crippen LogP contribution in [0.25, 0.3) is 0 Å². The Balaban J connectivity index is 1.82. The molecule has 1 aromatic rings. The molecule has 2 amide bonds. The topological polar surface area (TPSA) is 32.3 Å². The van der Waals surface area contributed by atoms with Gasteiger partial charge in [-0.15, -0.1) is 0 Å². The minimum Gasteiger partial charge on any atom is -0.315 e. The number of hydrogen-bond acceptors (Lipinski definition) is 1. The van der Waals surface area contributed by atoms with Crippen LogP contribution in [-0.2, 0) is 0 Å². The summed E-state index contributed by atoms with van der Waals surface area (Å²) in [6, 6.07) is 9.54. The highest BCUT2D eigenvalue weighted by Crippen LogP contribution is 2.24. The standard InChI is InChI=1S/C16H22N2O/c1-18(15-10-6-3-7-11-15)16(19)17-13-12-14-8-4-2-5-9-14/h3,6-7,10-14H,2,4-5,8-9H2,1H3,(H,17,19)/b13-12+. The molecule has 0 aliphatic heterocycles. The number of para-hydroxylation sites is 1. The van der Waals surface area contributed by atoms with E-state index < -0.39 is 0 Å². The van der Waals surface area contributed by atoms with Crippen LogP contribution in [0.4, 0.5) is 10.5 Å². The zero-order valence-corrected chi connectivity index (χ0v) is 11.5. The number of allylic oxidation sites excluding steroid dienone is 1. The molecule has 0 heterocycles. The lowest BCUT2D eigenvalue weighted by molar-refractivity contribution is 0.250. The van der Waals surface area contributed by atoms with Crippen molar-refractivity contribution < 1.29 is 4.79 Å². The van der Waals surface area contributed by atoms with Crippen molar-refractivity contribution in [1.29, 1.82) is 0 Å². The van der Waals surface area contributed by atoms with Gasteiger partial charge < -0.3 is 5.32 Å². The molecule has 1 N–H and O–H groups in total. The second-order valence-electron chi connectivity index (χ2n) is 5.10. The first-order chi connectivity index (χ1) is 9.27. The van der Waals surface area contributed by atoms with Crippen LogP contribution in [0.2, 0.25) is 0 Å². The summed E-state index contributed by atoms with van der Waals surface area (Å²) >= 11 is 0. The van der Waals surface area contributed by atoms with E-state index in [9.17, 15) is 4.79 Å². The minimum atomic E-state index is -0.0988. The van der Waals surface area contributed by atoms with Crippen molar-refractivity contribution in [2.45, 2.75) is 32.1 Å². The second-order valence-corrected chi connectivity index (χ2v) is 5.10. The van der Waals surface area contributed by atoms with Crippen LogP contribution >= 0.6 is 0 Å². The van der Waals surface area contributed by atoms with Crippen LogP contribution in [0, 0.1) is 5.92 Å². The molecule has 0 unspecified atom stereocenters. The molecule has 0 bridgehead atoms. The number of nitrogens with zero attached hydrogens (tertiary/aromatic N) is 1. The highest BCUT2D eigenvalue weighted by Gasteiger charge is 2.11. The molecule has 3 heteroatoms. The van der Waals surface area contributed by atoms with Gasteiger partial charge in [0.15, 0.2) is 0 Å². The molecule has 2 rings (SSSR count). The molecule has 0 aromatic heterocycles. The lowest BCUT2D eigenvalue weighted by Crippen LogP contribution is -2.34. The van der Waals surface area contributed by atoms with Crippen LogP contribution < -0.4 is 10.2 Å². The quantitative estimate of drug-likeness (QED) is 0.875. The third kappa shape index (κ3) is 4.12. The molecule has 3 nitrogen and oxygen atoms in total. The van der Waals surface area contributed by atoms with Crippen LogP contribution in [0.15, 0.2) is 42.6 Å². The number of nitrogens with one attached hydrogen (secondary N) is 1. The lowest BCUT2D eigenvalue weighted by Gasteiger charge is -2.19. The van der Waals surface area contributed by atoms with Crippen molar-refractivity contribution in [2.24, 2.45) is 5.92 Å². The molecule has 1 aliphatic carbocycles. The Morgan fingerprint density at radius 3 is 2.58 bits per heavy atom. The van der Waals surface area contributed by atoms with E-state index in [-0.39, 0.29) is 6.03 Å². The fourth-order valence-electron chi connectivity index (χ4n) is 2.45. The molecule has 1 aliphatic rings. The van der Waals surface area contributed by atoms with Crippen LogP contribution in [0.3, 0.4) is 0 Å². The van der Waals surface area contributed by atoms with Crippen molar-refractivity contribution in [1.82, 2.24) is 5.32 Å². The number of hydrogen-bond donors (Lipinski definition) is 1. The number of urea groups is 1. The molecular formula is C16H22N2O. The van der Waals surface area contributed by atoms with Crippen molar-refractivity contribution in [2.75, 3.05) is 11.9 Å². The number of benzene rings is 1. The number of rotatable bonds is 3.